The molecule has 0 unspecified atom stereocenters. The van der Waals surface area contributed by atoms with Gasteiger partial charge in [-0.3, -0.25) is 4.79 Å². The molecule has 1 heterocycles. The van der Waals surface area contributed by atoms with Gasteiger partial charge in [-0.25, -0.2) is 4.79 Å². The van der Waals surface area contributed by atoms with E-state index in [1.807, 2.05) is 26.0 Å². The van der Waals surface area contributed by atoms with E-state index < -0.39 is 17.9 Å². The van der Waals surface area contributed by atoms with Gasteiger partial charge >= 0.3 is 5.97 Å². The summed E-state index contributed by atoms with van der Waals surface area (Å²) in [6.45, 7) is 3.94. The van der Waals surface area contributed by atoms with Gasteiger partial charge in [-0.2, -0.15) is 0 Å². The van der Waals surface area contributed by atoms with E-state index in [0.29, 0.717) is 12.2 Å². The number of carboxylic acid groups (broad SMARTS) is 1. The number of carboxylic acids is 1. The van der Waals surface area contributed by atoms with Crippen molar-refractivity contribution in [2.24, 2.45) is 0 Å². The van der Waals surface area contributed by atoms with Crippen LogP contribution < -0.4 is 10.1 Å². The lowest BCUT2D eigenvalue weighted by atomic mass is 9.94. The molecule has 2 aromatic rings. The molecule has 28 heavy (non-hydrogen) atoms. The molecule has 0 saturated heterocycles. The highest BCUT2D eigenvalue weighted by Crippen LogP contribution is 2.42. The second-order valence-corrected chi connectivity index (χ2v) is 8.89. The third-order valence-electron chi connectivity index (χ3n) is 4.51. The second-order valence-electron chi connectivity index (χ2n) is 7.22. The number of nitrogens with one attached hydrogen (secondary N) is 1. The maximum Gasteiger partial charge on any atom is 0.326 e. The first-order valence-electron chi connectivity index (χ1n) is 8.56. The first kappa shape index (κ1) is 21.0. The number of fused-ring (bicyclic) bond motifs is 1. The molecule has 2 aromatic carbocycles. The van der Waals surface area contributed by atoms with Crippen LogP contribution in [0.4, 0.5) is 0 Å². The Hall–Kier alpha value is -1.76. The fourth-order valence-corrected chi connectivity index (χ4v) is 4.26. The molecule has 5 nitrogen and oxygen atoms in total. The molecule has 0 bridgehead atoms. The third-order valence-corrected chi connectivity index (χ3v) is 5.76. The highest BCUT2D eigenvalue weighted by Gasteiger charge is 2.34. The summed E-state index contributed by atoms with van der Waals surface area (Å²) in [7, 11) is 0. The van der Waals surface area contributed by atoms with E-state index in [2.05, 4.69) is 21.2 Å². The van der Waals surface area contributed by atoms with Crippen molar-refractivity contribution in [3.05, 3.63) is 61.5 Å². The summed E-state index contributed by atoms with van der Waals surface area (Å²) in [5.41, 5.74) is 1.42. The smallest absolute Gasteiger partial charge is 0.326 e. The van der Waals surface area contributed by atoms with Crippen molar-refractivity contribution >= 4 is 51.0 Å². The average molecular weight is 487 g/mol. The molecule has 3 rings (SSSR count). The summed E-state index contributed by atoms with van der Waals surface area (Å²) < 4.78 is 6.79. The second kappa shape index (κ2) is 7.93. The fourth-order valence-electron chi connectivity index (χ4n) is 3.24. The number of benzene rings is 2. The number of hydrogen-bond donors (Lipinski definition) is 2. The summed E-state index contributed by atoms with van der Waals surface area (Å²) in [5.74, 6) is -1.06. The molecule has 1 aliphatic heterocycles. The molecule has 0 aromatic heterocycles. The van der Waals surface area contributed by atoms with Crippen LogP contribution in [-0.4, -0.2) is 28.6 Å². The molecular formula is C20H18BrCl2NO4. The van der Waals surface area contributed by atoms with Crippen LogP contribution in [0.25, 0.3) is 0 Å². The third kappa shape index (κ3) is 4.29. The molecule has 148 valence electrons. The van der Waals surface area contributed by atoms with Crippen LogP contribution in [0.5, 0.6) is 5.75 Å². The normalized spacial score (nSPS) is 15.5. The van der Waals surface area contributed by atoms with Gasteiger partial charge in [0.2, 0.25) is 0 Å². The van der Waals surface area contributed by atoms with E-state index in [9.17, 15) is 14.7 Å². The molecule has 1 amide bonds. The van der Waals surface area contributed by atoms with Crippen molar-refractivity contribution in [3.8, 4) is 5.75 Å². The average Bonchev–Trinajstić information content (AvgIpc) is 2.92. The number of carbonyl (C=O) groups is 2. The van der Waals surface area contributed by atoms with E-state index in [-0.39, 0.29) is 27.6 Å². The van der Waals surface area contributed by atoms with E-state index >= 15 is 0 Å². The van der Waals surface area contributed by atoms with Gasteiger partial charge in [-0.05, 0) is 53.5 Å². The zero-order chi connectivity index (χ0) is 20.6. The van der Waals surface area contributed by atoms with E-state index in [0.717, 1.165) is 15.6 Å². The van der Waals surface area contributed by atoms with E-state index in [4.69, 9.17) is 27.9 Å². The van der Waals surface area contributed by atoms with Gasteiger partial charge in [-0.15, -0.1) is 0 Å². The van der Waals surface area contributed by atoms with Crippen LogP contribution in [-0.2, 0) is 17.6 Å². The van der Waals surface area contributed by atoms with Crippen molar-refractivity contribution in [1.29, 1.82) is 0 Å². The Balaban J connectivity index is 1.87. The lowest BCUT2D eigenvalue weighted by molar-refractivity contribution is -0.139. The quantitative estimate of drug-likeness (QED) is 0.630. The Morgan fingerprint density at radius 1 is 1.25 bits per heavy atom. The van der Waals surface area contributed by atoms with Gasteiger partial charge in [0.25, 0.3) is 5.91 Å². The van der Waals surface area contributed by atoms with Crippen molar-refractivity contribution < 1.29 is 19.4 Å². The zero-order valence-corrected chi connectivity index (χ0v) is 18.3. The van der Waals surface area contributed by atoms with Crippen LogP contribution in [0.3, 0.4) is 0 Å². The van der Waals surface area contributed by atoms with Crippen molar-refractivity contribution in [2.75, 3.05) is 0 Å². The van der Waals surface area contributed by atoms with E-state index in [1.165, 1.54) is 12.1 Å². The minimum atomic E-state index is -1.15. The van der Waals surface area contributed by atoms with Crippen LogP contribution in [0.15, 0.2) is 34.8 Å². The lowest BCUT2D eigenvalue weighted by Crippen LogP contribution is -2.42. The first-order valence-corrected chi connectivity index (χ1v) is 10.1. The van der Waals surface area contributed by atoms with Crippen LogP contribution in [0.1, 0.15) is 35.3 Å². The molecular weight excluding hydrogens is 469 g/mol. The summed E-state index contributed by atoms with van der Waals surface area (Å²) in [6.07, 6.45) is 0.756. The van der Waals surface area contributed by atoms with Gasteiger partial charge in [0.05, 0.1) is 20.1 Å². The van der Waals surface area contributed by atoms with Gasteiger partial charge in [0, 0.05) is 18.4 Å². The zero-order valence-electron chi connectivity index (χ0n) is 15.2. The number of amides is 1. The van der Waals surface area contributed by atoms with Crippen LogP contribution in [0.2, 0.25) is 10.0 Å². The highest BCUT2D eigenvalue weighted by molar-refractivity contribution is 9.10. The lowest BCUT2D eigenvalue weighted by Gasteiger charge is -2.17. The van der Waals surface area contributed by atoms with Crippen molar-refractivity contribution in [2.45, 2.75) is 38.3 Å². The molecule has 2 N–H and O–H groups in total. The summed E-state index contributed by atoms with van der Waals surface area (Å²) in [4.78, 5) is 24.4. The number of halogens is 3. The molecule has 0 spiro atoms. The molecule has 1 aliphatic rings. The highest BCUT2D eigenvalue weighted by atomic mass is 79.9. The number of hydrogen-bond acceptors (Lipinski definition) is 3. The Bertz CT molecular complexity index is 941. The fraction of sp³-hybridized carbons (Fsp3) is 0.300. The number of aliphatic carboxylic acids is 1. The maximum atomic E-state index is 12.6. The Kier molecular flexibility index (Phi) is 5.94. The minimum Gasteiger partial charge on any atom is -0.486 e. The van der Waals surface area contributed by atoms with Crippen molar-refractivity contribution in [1.82, 2.24) is 5.32 Å². The van der Waals surface area contributed by atoms with Gasteiger partial charge in [-0.1, -0.05) is 35.3 Å². The van der Waals surface area contributed by atoms with Gasteiger partial charge in [0.15, 0.2) is 0 Å². The standard InChI is InChI=1S/C20H18BrCl2NO4/c1-20(2)9-11-10(6-7-12(21)17(11)28-20)8-15(19(26)27)24-18(25)16-13(22)4-3-5-14(16)23/h3-7,15H,8-9H2,1-2H3,(H,24,25)(H,26,27)/t15-/m0/s1. The number of rotatable bonds is 5. The molecule has 0 fully saturated rings. The molecule has 0 radical (unpaired) electrons. The summed E-state index contributed by atoms with van der Waals surface area (Å²) in [5, 5.41) is 12.5. The summed E-state index contributed by atoms with van der Waals surface area (Å²) >= 11 is 15.6. The Morgan fingerprint density at radius 3 is 2.50 bits per heavy atom. The monoisotopic (exact) mass is 485 g/mol. The molecule has 1 atom stereocenters. The molecule has 8 heteroatoms. The van der Waals surface area contributed by atoms with Crippen LogP contribution >= 0.6 is 39.1 Å². The number of carbonyl (C=O) groups excluding carboxylic acids is 1. The van der Waals surface area contributed by atoms with Crippen molar-refractivity contribution in [3.63, 3.8) is 0 Å². The van der Waals surface area contributed by atoms with Gasteiger partial charge < -0.3 is 15.2 Å². The topological polar surface area (TPSA) is 75.6 Å². The molecule has 0 saturated carbocycles. The van der Waals surface area contributed by atoms with Crippen LogP contribution in [0, 0.1) is 0 Å². The summed E-state index contributed by atoms with van der Waals surface area (Å²) in [6, 6.07) is 7.19. The Labute approximate surface area is 181 Å². The first-order chi connectivity index (χ1) is 13.1. The predicted octanol–water partition coefficient (Wildman–Crippen LogP) is 4.90. The van der Waals surface area contributed by atoms with E-state index in [1.54, 1.807) is 6.07 Å². The largest absolute Gasteiger partial charge is 0.486 e. The van der Waals surface area contributed by atoms with Gasteiger partial charge in [0.1, 0.15) is 17.4 Å². The minimum absolute atomic E-state index is 0.0579. The SMILES string of the molecule is CC1(C)Cc2c(C[C@H](NC(=O)c3c(Cl)cccc3Cl)C(=O)O)ccc(Br)c2O1. The Morgan fingerprint density at radius 2 is 1.89 bits per heavy atom. The number of ether oxygens (including phenoxy) is 1. The maximum absolute atomic E-state index is 12.6. The predicted molar refractivity (Wildman–Crippen MR) is 112 cm³/mol. The molecule has 0 aliphatic carbocycles.